The number of H-pyrrole nitrogens is 2. The van der Waals surface area contributed by atoms with Gasteiger partial charge in [-0.1, -0.05) is 66.7 Å². The molecule has 2 aliphatic rings. The van der Waals surface area contributed by atoms with Crippen LogP contribution >= 0.6 is 0 Å². The summed E-state index contributed by atoms with van der Waals surface area (Å²) in [5.74, 6) is 1.82. The molecule has 5 aromatic rings. The molecule has 48 heavy (non-hydrogen) atoms. The Bertz CT molecular complexity index is 1880. The Morgan fingerprint density at radius 2 is 1.27 bits per heavy atom. The summed E-state index contributed by atoms with van der Waals surface area (Å²) in [6, 6.07) is 25.2. The first-order chi connectivity index (χ1) is 23.3. The van der Waals surface area contributed by atoms with Crippen LogP contribution < -0.4 is 0 Å². The van der Waals surface area contributed by atoms with Crippen LogP contribution in [0.4, 0.5) is 0 Å². The van der Waals surface area contributed by atoms with E-state index >= 15 is 0 Å². The predicted molar refractivity (Wildman–Crippen MR) is 187 cm³/mol. The normalized spacial score (nSPS) is 19.5. The summed E-state index contributed by atoms with van der Waals surface area (Å²) in [7, 11) is 7.82. The molecular weight excluding hydrogens is 600 g/mol. The van der Waals surface area contributed by atoms with Crippen LogP contribution in [0, 0.1) is 0 Å². The molecule has 2 amide bonds. The molecule has 10 heteroatoms. The predicted octanol–water partition coefficient (Wildman–Crippen LogP) is 5.89. The van der Waals surface area contributed by atoms with E-state index < -0.39 is 0 Å². The molecule has 10 nitrogen and oxygen atoms in total. The topological polar surface area (TPSA) is 104 Å². The van der Waals surface area contributed by atoms with Gasteiger partial charge in [-0.3, -0.25) is 19.4 Å². The number of aromatic nitrogens is 4. The van der Waals surface area contributed by atoms with Crippen LogP contribution in [0.1, 0.15) is 72.6 Å². The standard InChI is InChI=1S/C38H44N8O2/c1-43(2)33(25-13-7-5-8-14-25)37(47)45-21-11-17-31(45)35-39-24-30(42-35)27-19-20-28-29(23-27)41-36(40-28)32-18-12-22-46(32)38(48)34(44(3)4)26-15-9-6-10-16-26/h5-10,13-16,19-20,23-24,31-34H,11-12,17-18,21-22H2,1-4H3,(H,39,42)(H,40,41)/t31-,32-,33?,34?/m0/s1. The highest BCUT2D eigenvalue weighted by molar-refractivity contribution is 5.85. The second-order valence-corrected chi connectivity index (χ2v) is 13.5. The lowest BCUT2D eigenvalue weighted by Gasteiger charge is -2.31. The third-order valence-corrected chi connectivity index (χ3v) is 9.84. The molecule has 2 unspecified atom stereocenters. The molecule has 4 atom stereocenters. The number of hydrogen-bond acceptors (Lipinski definition) is 6. The first-order valence-corrected chi connectivity index (χ1v) is 16.9. The van der Waals surface area contributed by atoms with E-state index in [0.29, 0.717) is 13.1 Å². The van der Waals surface area contributed by atoms with E-state index in [2.05, 4.69) is 16.0 Å². The smallest absolute Gasteiger partial charge is 0.245 e. The quantitative estimate of drug-likeness (QED) is 0.208. The monoisotopic (exact) mass is 644 g/mol. The minimum absolute atomic E-state index is 0.0955. The van der Waals surface area contributed by atoms with Gasteiger partial charge in [0.25, 0.3) is 0 Å². The second kappa shape index (κ2) is 13.4. The lowest BCUT2D eigenvalue weighted by atomic mass is 10.0. The maximum Gasteiger partial charge on any atom is 0.245 e. The van der Waals surface area contributed by atoms with Gasteiger partial charge in [0.1, 0.15) is 23.7 Å². The zero-order valence-electron chi connectivity index (χ0n) is 28.1. The van der Waals surface area contributed by atoms with Gasteiger partial charge in [-0.05, 0) is 77.1 Å². The van der Waals surface area contributed by atoms with Gasteiger partial charge in [0.15, 0.2) is 0 Å². The summed E-state index contributed by atoms with van der Waals surface area (Å²) in [5.41, 5.74) is 5.64. The van der Waals surface area contributed by atoms with Gasteiger partial charge in [-0.25, -0.2) is 9.97 Å². The highest BCUT2D eigenvalue weighted by Gasteiger charge is 2.38. The Hall–Kier alpha value is -4.80. The molecule has 0 radical (unpaired) electrons. The van der Waals surface area contributed by atoms with Crippen LogP contribution in [-0.4, -0.2) is 92.6 Å². The summed E-state index contributed by atoms with van der Waals surface area (Å²) in [4.78, 5) is 52.6. The number of imidazole rings is 2. The van der Waals surface area contributed by atoms with Crippen molar-refractivity contribution < 1.29 is 9.59 Å². The Morgan fingerprint density at radius 1 is 0.729 bits per heavy atom. The largest absolute Gasteiger partial charge is 0.340 e. The zero-order valence-corrected chi connectivity index (χ0v) is 28.1. The fourth-order valence-electron chi connectivity index (χ4n) is 7.54. The van der Waals surface area contributed by atoms with Crippen molar-refractivity contribution in [1.82, 2.24) is 39.5 Å². The molecule has 0 spiro atoms. The number of carbonyl (C=O) groups excluding carboxylic acids is 2. The number of fused-ring (bicyclic) bond motifs is 1. The highest BCUT2D eigenvalue weighted by atomic mass is 16.2. The Morgan fingerprint density at radius 3 is 1.81 bits per heavy atom. The Balaban J connectivity index is 1.11. The maximum absolute atomic E-state index is 13.9. The number of hydrogen-bond donors (Lipinski definition) is 2. The molecule has 4 heterocycles. The first-order valence-electron chi connectivity index (χ1n) is 16.9. The van der Waals surface area contributed by atoms with E-state index in [1.807, 2.05) is 127 Å². The van der Waals surface area contributed by atoms with E-state index in [9.17, 15) is 9.59 Å². The van der Waals surface area contributed by atoms with Gasteiger partial charge in [0.2, 0.25) is 11.8 Å². The third kappa shape index (κ3) is 6.02. The fourth-order valence-corrected chi connectivity index (χ4v) is 7.54. The minimum Gasteiger partial charge on any atom is -0.340 e. The Kier molecular flexibility index (Phi) is 8.85. The summed E-state index contributed by atoms with van der Waals surface area (Å²) in [6.45, 7) is 1.42. The second-order valence-electron chi connectivity index (χ2n) is 13.5. The van der Waals surface area contributed by atoms with Gasteiger partial charge in [-0.15, -0.1) is 0 Å². The lowest BCUT2D eigenvalue weighted by Crippen LogP contribution is -2.40. The molecule has 2 aromatic heterocycles. The van der Waals surface area contributed by atoms with Gasteiger partial charge in [0.05, 0.1) is 35.0 Å². The molecule has 2 aliphatic heterocycles. The number of likely N-dealkylation sites (N-methyl/N-ethyl adjacent to an activating group) is 2. The van der Waals surface area contributed by atoms with Crippen molar-refractivity contribution in [3.8, 4) is 11.3 Å². The first kappa shape index (κ1) is 31.8. The van der Waals surface area contributed by atoms with Crippen LogP contribution in [0.5, 0.6) is 0 Å². The summed E-state index contributed by atoms with van der Waals surface area (Å²) < 4.78 is 0. The van der Waals surface area contributed by atoms with Crippen LogP contribution in [0.3, 0.4) is 0 Å². The number of nitrogens with zero attached hydrogens (tertiary/aromatic N) is 6. The average molecular weight is 645 g/mol. The molecule has 0 aliphatic carbocycles. The Labute approximate surface area is 281 Å². The van der Waals surface area contributed by atoms with Crippen molar-refractivity contribution in [2.75, 3.05) is 41.3 Å². The van der Waals surface area contributed by atoms with Crippen molar-refractivity contribution in [3.63, 3.8) is 0 Å². The number of rotatable bonds is 9. The van der Waals surface area contributed by atoms with E-state index in [0.717, 1.165) is 70.7 Å². The van der Waals surface area contributed by atoms with Crippen molar-refractivity contribution >= 4 is 22.8 Å². The summed E-state index contributed by atoms with van der Waals surface area (Å²) in [5, 5.41) is 0. The zero-order chi connectivity index (χ0) is 33.4. The molecule has 3 aromatic carbocycles. The van der Waals surface area contributed by atoms with Crippen molar-refractivity contribution in [2.24, 2.45) is 0 Å². The molecule has 2 saturated heterocycles. The molecule has 0 saturated carbocycles. The molecule has 248 valence electrons. The molecule has 2 fully saturated rings. The van der Waals surface area contributed by atoms with Crippen molar-refractivity contribution in [1.29, 1.82) is 0 Å². The summed E-state index contributed by atoms with van der Waals surface area (Å²) in [6.07, 6.45) is 5.47. The SMILES string of the molecule is CN(C)C(C(=O)N1CCC[C@H]1c1ncc(-c2ccc3nc([C@@H]4CCCN4C(=O)C(c4ccccc4)N(C)C)[nH]c3c2)[nH]1)c1ccccc1. The highest BCUT2D eigenvalue weighted by Crippen LogP contribution is 2.37. The number of carbonyl (C=O) groups is 2. The molecule has 2 N–H and O–H groups in total. The maximum atomic E-state index is 13.9. The number of aromatic amines is 2. The number of nitrogens with one attached hydrogen (secondary N) is 2. The lowest BCUT2D eigenvalue weighted by molar-refractivity contribution is -0.138. The van der Waals surface area contributed by atoms with E-state index in [1.54, 1.807) is 0 Å². The molecule has 0 bridgehead atoms. The summed E-state index contributed by atoms with van der Waals surface area (Å²) >= 11 is 0. The van der Waals surface area contributed by atoms with Crippen LogP contribution in [0.15, 0.2) is 85.1 Å². The molecule has 7 rings (SSSR count). The number of amides is 2. The van der Waals surface area contributed by atoms with E-state index in [-0.39, 0.29) is 36.0 Å². The fraction of sp³-hybridized carbons (Fsp3) is 0.368. The van der Waals surface area contributed by atoms with Crippen LogP contribution in [0.2, 0.25) is 0 Å². The minimum atomic E-state index is -0.351. The van der Waals surface area contributed by atoms with Crippen molar-refractivity contribution in [2.45, 2.75) is 49.9 Å². The van der Waals surface area contributed by atoms with Crippen LogP contribution in [-0.2, 0) is 9.59 Å². The number of likely N-dealkylation sites (tertiary alicyclic amines) is 2. The number of benzene rings is 3. The molecular formula is C38H44N8O2. The van der Waals surface area contributed by atoms with Gasteiger partial charge >= 0.3 is 0 Å². The van der Waals surface area contributed by atoms with Crippen LogP contribution in [0.25, 0.3) is 22.3 Å². The van der Waals surface area contributed by atoms with E-state index in [4.69, 9.17) is 9.97 Å². The van der Waals surface area contributed by atoms with Gasteiger partial charge in [-0.2, -0.15) is 0 Å². The van der Waals surface area contributed by atoms with Crippen molar-refractivity contribution in [3.05, 3.63) is 108 Å². The van der Waals surface area contributed by atoms with Gasteiger partial charge < -0.3 is 19.8 Å². The average Bonchev–Trinajstić information content (AvgIpc) is 3.91. The van der Waals surface area contributed by atoms with Gasteiger partial charge in [0, 0.05) is 18.7 Å². The third-order valence-electron chi connectivity index (χ3n) is 9.84. The van der Waals surface area contributed by atoms with E-state index in [1.165, 1.54) is 0 Å².